The number of fused-ring (bicyclic) bond motifs is 1. The predicted molar refractivity (Wildman–Crippen MR) is 101 cm³/mol. The van der Waals surface area contributed by atoms with Crippen LogP contribution in [0.25, 0.3) is 22.0 Å². The molecule has 0 unspecified atom stereocenters. The summed E-state index contributed by atoms with van der Waals surface area (Å²) in [6.45, 7) is 0.386. The molecule has 0 aliphatic rings. The Balaban J connectivity index is 1.73. The van der Waals surface area contributed by atoms with Crippen molar-refractivity contribution in [2.75, 3.05) is 12.4 Å². The van der Waals surface area contributed by atoms with Crippen LogP contribution in [0.15, 0.2) is 60.9 Å². The van der Waals surface area contributed by atoms with Crippen molar-refractivity contribution in [1.82, 2.24) is 14.5 Å². The van der Waals surface area contributed by atoms with Gasteiger partial charge in [0.05, 0.1) is 12.1 Å². The molecule has 2 heterocycles. The van der Waals surface area contributed by atoms with Gasteiger partial charge >= 0.3 is 0 Å². The number of nitrogens with zero attached hydrogens (tertiary/aromatic N) is 3. The summed E-state index contributed by atoms with van der Waals surface area (Å²) in [6.07, 6.45) is 1.55. The van der Waals surface area contributed by atoms with Gasteiger partial charge in [-0.1, -0.05) is 24.3 Å². The Labute approximate surface area is 150 Å². The highest BCUT2D eigenvalue weighted by atomic mass is 16.3. The van der Waals surface area contributed by atoms with Crippen LogP contribution in [0, 0.1) is 0 Å². The average Bonchev–Trinajstić information content (AvgIpc) is 2.99. The van der Waals surface area contributed by atoms with Crippen molar-refractivity contribution in [2.45, 2.75) is 6.54 Å². The second kappa shape index (κ2) is 6.40. The third-order valence-corrected chi connectivity index (χ3v) is 4.41. The van der Waals surface area contributed by atoms with Crippen LogP contribution in [0.2, 0.25) is 0 Å². The van der Waals surface area contributed by atoms with E-state index in [0.29, 0.717) is 6.54 Å². The van der Waals surface area contributed by atoms with Gasteiger partial charge in [0, 0.05) is 24.6 Å². The summed E-state index contributed by atoms with van der Waals surface area (Å²) in [5.74, 6) is 0.860. The fourth-order valence-corrected chi connectivity index (χ4v) is 3.08. The molecule has 2 aromatic heterocycles. The van der Waals surface area contributed by atoms with Crippen LogP contribution in [0.3, 0.4) is 0 Å². The van der Waals surface area contributed by atoms with Crippen LogP contribution in [0.1, 0.15) is 5.56 Å². The summed E-state index contributed by atoms with van der Waals surface area (Å²) in [7, 11) is 1.84. The first kappa shape index (κ1) is 16.0. The molecule has 0 saturated carbocycles. The van der Waals surface area contributed by atoms with Crippen molar-refractivity contribution >= 4 is 16.7 Å². The van der Waals surface area contributed by atoms with E-state index >= 15 is 0 Å². The second-order valence-electron chi connectivity index (χ2n) is 6.04. The number of aromatic nitrogens is 3. The molecule has 0 aliphatic heterocycles. The molecule has 4 aromatic rings. The number of hydrogen-bond donors (Lipinski definition) is 3. The minimum atomic E-state index is 0.0365. The molecule has 0 aliphatic carbocycles. The van der Waals surface area contributed by atoms with E-state index < -0.39 is 0 Å². The molecule has 26 heavy (non-hydrogen) atoms. The highest BCUT2D eigenvalue weighted by Crippen LogP contribution is 2.28. The van der Waals surface area contributed by atoms with Gasteiger partial charge in [-0.3, -0.25) is 4.57 Å². The van der Waals surface area contributed by atoms with Gasteiger partial charge in [0.2, 0.25) is 0 Å². The SMILES string of the molecule is CNc1ncnc2ccc(-c3cccc(Cn4c(O)ccc4O)c3)cc12. The first-order chi connectivity index (χ1) is 12.7. The van der Waals surface area contributed by atoms with E-state index in [2.05, 4.69) is 21.4 Å². The lowest BCUT2D eigenvalue weighted by atomic mass is 10.0. The number of rotatable bonds is 4. The third-order valence-electron chi connectivity index (χ3n) is 4.41. The summed E-state index contributed by atoms with van der Waals surface area (Å²) in [6, 6.07) is 17.0. The summed E-state index contributed by atoms with van der Waals surface area (Å²) >= 11 is 0. The molecule has 4 rings (SSSR count). The summed E-state index contributed by atoms with van der Waals surface area (Å²) in [4.78, 5) is 8.57. The number of aromatic hydroxyl groups is 2. The highest BCUT2D eigenvalue weighted by molar-refractivity contribution is 5.92. The topological polar surface area (TPSA) is 83.2 Å². The summed E-state index contributed by atoms with van der Waals surface area (Å²) in [5, 5.41) is 23.7. The molecule has 2 aromatic carbocycles. The van der Waals surface area contributed by atoms with Gasteiger partial charge < -0.3 is 15.5 Å². The van der Waals surface area contributed by atoms with Crippen LogP contribution in [-0.2, 0) is 6.54 Å². The van der Waals surface area contributed by atoms with E-state index in [-0.39, 0.29) is 11.8 Å². The van der Waals surface area contributed by atoms with Gasteiger partial charge in [0.15, 0.2) is 11.8 Å². The van der Waals surface area contributed by atoms with Gasteiger partial charge in [-0.2, -0.15) is 0 Å². The zero-order chi connectivity index (χ0) is 18.1. The van der Waals surface area contributed by atoms with Gasteiger partial charge in [-0.15, -0.1) is 0 Å². The van der Waals surface area contributed by atoms with E-state index in [1.54, 1.807) is 6.33 Å². The molecule has 3 N–H and O–H groups in total. The van der Waals surface area contributed by atoms with E-state index in [1.807, 2.05) is 43.4 Å². The molecule has 0 radical (unpaired) electrons. The molecule has 130 valence electrons. The maximum Gasteiger partial charge on any atom is 0.194 e. The Hall–Kier alpha value is -3.54. The molecule has 0 atom stereocenters. The number of hydrogen-bond acceptors (Lipinski definition) is 5. The molecular formula is C20H18N4O2. The molecule has 0 saturated heterocycles. The Morgan fingerprint density at radius 2 is 1.69 bits per heavy atom. The van der Waals surface area contributed by atoms with Crippen molar-refractivity contribution in [3.63, 3.8) is 0 Å². The molecule has 0 bridgehead atoms. The molecule has 0 amide bonds. The maximum atomic E-state index is 9.84. The van der Waals surface area contributed by atoms with Crippen LogP contribution in [0.4, 0.5) is 5.82 Å². The van der Waals surface area contributed by atoms with Gasteiger partial charge in [-0.25, -0.2) is 9.97 Å². The molecule has 0 fully saturated rings. The number of benzene rings is 2. The smallest absolute Gasteiger partial charge is 0.194 e. The van der Waals surface area contributed by atoms with Crippen LogP contribution >= 0.6 is 0 Å². The Morgan fingerprint density at radius 3 is 2.46 bits per heavy atom. The molecular weight excluding hydrogens is 328 g/mol. The van der Waals surface area contributed by atoms with E-state index in [4.69, 9.17) is 0 Å². The van der Waals surface area contributed by atoms with E-state index in [0.717, 1.165) is 33.4 Å². The zero-order valence-electron chi connectivity index (χ0n) is 14.2. The highest BCUT2D eigenvalue weighted by Gasteiger charge is 2.09. The largest absolute Gasteiger partial charge is 0.494 e. The Morgan fingerprint density at radius 1 is 0.923 bits per heavy atom. The van der Waals surface area contributed by atoms with Crippen molar-refractivity contribution < 1.29 is 10.2 Å². The maximum absolute atomic E-state index is 9.84. The minimum Gasteiger partial charge on any atom is -0.494 e. The minimum absolute atomic E-state index is 0.0365. The lowest BCUT2D eigenvalue weighted by Gasteiger charge is -2.10. The molecule has 0 spiro atoms. The fourth-order valence-electron chi connectivity index (χ4n) is 3.08. The van der Waals surface area contributed by atoms with Gasteiger partial charge in [-0.05, 0) is 34.9 Å². The van der Waals surface area contributed by atoms with Crippen LogP contribution in [-0.4, -0.2) is 31.8 Å². The summed E-state index contributed by atoms with van der Waals surface area (Å²) in [5.41, 5.74) is 3.95. The number of nitrogens with one attached hydrogen (secondary N) is 1. The standard InChI is InChI=1S/C20H18N4O2/c1-21-20-16-10-15(5-6-17(16)22-12-23-20)14-4-2-3-13(9-14)11-24-18(25)7-8-19(24)26/h2-10,12,25-26H,11H2,1H3,(H,21,22,23). The Kier molecular flexibility index (Phi) is 3.93. The van der Waals surface area contributed by atoms with Crippen molar-refractivity contribution in [1.29, 1.82) is 0 Å². The zero-order valence-corrected chi connectivity index (χ0v) is 14.2. The van der Waals surface area contributed by atoms with E-state index in [1.165, 1.54) is 16.7 Å². The predicted octanol–water partition coefficient (Wildman–Crippen LogP) is 3.60. The first-order valence-corrected chi connectivity index (χ1v) is 8.25. The normalized spacial score (nSPS) is 11.0. The Bertz CT molecular complexity index is 1070. The van der Waals surface area contributed by atoms with Crippen molar-refractivity contribution in [3.8, 4) is 22.9 Å². The lowest BCUT2D eigenvalue weighted by Crippen LogP contribution is -1.98. The number of anilines is 1. The van der Waals surface area contributed by atoms with Crippen molar-refractivity contribution in [2.24, 2.45) is 0 Å². The average molecular weight is 346 g/mol. The third kappa shape index (κ3) is 2.82. The summed E-state index contributed by atoms with van der Waals surface area (Å²) < 4.78 is 1.45. The first-order valence-electron chi connectivity index (χ1n) is 8.25. The van der Waals surface area contributed by atoms with Crippen molar-refractivity contribution in [3.05, 3.63) is 66.5 Å². The lowest BCUT2D eigenvalue weighted by molar-refractivity contribution is 0.377. The van der Waals surface area contributed by atoms with Crippen LogP contribution in [0.5, 0.6) is 11.8 Å². The quantitative estimate of drug-likeness (QED) is 0.526. The van der Waals surface area contributed by atoms with Gasteiger partial charge in [0.1, 0.15) is 12.1 Å². The van der Waals surface area contributed by atoms with Crippen LogP contribution < -0.4 is 5.32 Å². The fraction of sp³-hybridized carbons (Fsp3) is 0.100. The molecule has 6 heteroatoms. The monoisotopic (exact) mass is 346 g/mol. The van der Waals surface area contributed by atoms with E-state index in [9.17, 15) is 10.2 Å². The van der Waals surface area contributed by atoms with Gasteiger partial charge in [0.25, 0.3) is 0 Å². The second-order valence-corrected chi connectivity index (χ2v) is 6.04. The molecule has 6 nitrogen and oxygen atoms in total.